The van der Waals surface area contributed by atoms with Crippen LogP contribution in [0.4, 0.5) is 5.69 Å². The van der Waals surface area contributed by atoms with E-state index in [2.05, 4.69) is 13.8 Å². The molecule has 16 heavy (non-hydrogen) atoms. The van der Waals surface area contributed by atoms with E-state index in [1.165, 1.54) is 0 Å². The lowest BCUT2D eigenvalue weighted by molar-refractivity contribution is 0.0755. The topological polar surface area (TPSA) is 46.3 Å². The number of anilines is 1. The molecule has 0 aliphatic carbocycles. The van der Waals surface area contributed by atoms with Crippen LogP contribution in [0, 0.1) is 0 Å². The largest absolute Gasteiger partial charge is 0.399 e. The van der Waals surface area contributed by atoms with Crippen molar-refractivity contribution in [3.05, 3.63) is 29.8 Å². The fraction of sp³-hybridized carbons (Fsp3) is 0.462. The van der Waals surface area contributed by atoms with Gasteiger partial charge in [0.15, 0.2) is 0 Å². The van der Waals surface area contributed by atoms with E-state index in [9.17, 15) is 4.79 Å². The Morgan fingerprint density at radius 2 is 1.62 bits per heavy atom. The van der Waals surface area contributed by atoms with Gasteiger partial charge in [0.2, 0.25) is 0 Å². The maximum atomic E-state index is 12.1. The third-order valence-electron chi connectivity index (χ3n) is 2.43. The van der Waals surface area contributed by atoms with Crippen molar-refractivity contribution >= 4 is 11.6 Å². The van der Waals surface area contributed by atoms with Gasteiger partial charge in [0.05, 0.1) is 0 Å². The van der Waals surface area contributed by atoms with E-state index in [0.29, 0.717) is 5.69 Å². The predicted molar refractivity (Wildman–Crippen MR) is 67.3 cm³/mol. The van der Waals surface area contributed by atoms with Gasteiger partial charge in [0, 0.05) is 24.3 Å². The Morgan fingerprint density at radius 1 is 1.12 bits per heavy atom. The molecule has 1 amide bonds. The molecule has 0 spiro atoms. The number of nitrogen functional groups attached to an aromatic ring is 1. The maximum absolute atomic E-state index is 12.1. The summed E-state index contributed by atoms with van der Waals surface area (Å²) in [6, 6.07) is 7.11. The van der Waals surface area contributed by atoms with Gasteiger partial charge >= 0.3 is 0 Å². The van der Waals surface area contributed by atoms with Crippen LogP contribution in [0.2, 0.25) is 0 Å². The lowest BCUT2D eigenvalue weighted by Crippen LogP contribution is -2.32. The van der Waals surface area contributed by atoms with Crippen molar-refractivity contribution in [2.24, 2.45) is 0 Å². The highest BCUT2D eigenvalue weighted by Crippen LogP contribution is 2.09. The highest BCUT2D eigenvalue weighted by molar-refractivity contribution is 5.94. The van der Waals surface area contributed by atoms with Crippen LogP contribution < -0.4 is 5.73 Å². The molecule has 2 N–H and O–H groups in total. The van der Waals surface area contributed by atoms with E-state index in [1.807, 2.05) is 4.90 Å². The van der Waals surface area contributed by atoms with E-state index < -0.39 is 0 Å². The van der Waals surface area contributed by atoms with E-state index in [-0.39, 0.29) is 5.91 Å². The summed E-state index contributed by atoms with van der Waals surface area (Å²) in [5.41, 5.74) is 7.00. The summed E-state index contributed by atoms with van der Waals surface area (Å²) in [4.78, 5) is 14.0. The van der Waals surface area contributed by atoms with Crippen molar-refractivity contribution in [1.29, 1.82) is 0 Å². The number of amides is 1. The van der Waals surface area contributed by atoms with Crippen molar-refractivity contribution < 1.29 is 4.79 Å². The summed E-state index contributed by atoms with van der Waals surface area (Å²) in [6.07, 6.45) is 1.97. The van der Waals surface area contributed by atoms with Crippen LogP contribution in [0.25, 0.3) is 0 Å². The molecule has 0 atom stereocenters. The van der Waals surface area contributed by atoms with Crippen LogP contribution in [0.5, 0.6) is 0 Å². The van der Waals surface area contributed by atoms with Crippen LogP contribution >= 0.6 is 0 Å². The number of rotatable bonds is 5. The highest BCUT2D eigenvalue weighted by atomic mass is 16.2. The van der Waals surface area contributed by atoms with Crippen LogP contribution in [0.15, 0.2) is 24.3 Å². The molecule has 0 aliphatic heterocycles. The van der Waals surface area contributed by atoms with Crippen molar-refractivity contribution in [3.8, 4) is 0 Å². The predicted octanol–water partition coefficient (Wildman–Crippen LogP) is 2.53. The van der Waals surface area contributed by atoms with Crippen molar-refractivity contribution in [2.45, 2.75) is 26.7 Å². The molecule has 0 bridgehead atoms. The van der Waals surface area contributed by atoms with E-state index in [4.69, 9.17) is 5.73 Å². The fourth-order valence-electron chi connectivity index (χ4n) is 1.66. The highest BCUT2D eigenvalue weighted by Gasteiger charge is 2.13. The molecule has 1 aromatic carbocycles. The van der Waals surface area contributed by atoms with Crippen LogP contribution in [-0.4, -0.2) is 23.9 Å². The summed E-state index contributed by atoms with van der Waals surface area (Å²) in [5, 5.41) is 0. The quantitative estimate of drug-likeness (QED) is 0.775. The molecule has 0 fully saturated rings. The molecular weight excluding hydrogens is 200 g/mol. The first-order chi connectivity index (χ1) is 7.69. The molecule has 3 heteroatoms. The van der Waals surface area contributed by atoms with Gasteiger partial charge in [-0.05, 0) is 37.1 Å². The third kappa shape index (κ3) is 3.26. The molecule has 0 heterocycles. The Hall–Kier alpha value is -1.51. The minimum Gasteiger partial charge on any atom is -0.399 e. The second-order valence-electron chi connectivity index (χ2n) is 3.91. The van der Waals surface area contributed by atoms with Gasteiger partial charge in [0.1, 0.15) is 0 Å². The van der Waals surface area contributed by atoms with Gasteiger partial charge in [0.25, 0.3) is 5.91 Å². The average molecular weight is 220 g/mol. The zero-order valence-corrected chi connectivity index (χ0v) is 10.1. The fourth-order valence-corrected chi connectivity index (χ4v) is 1.66. The Kier molecular flexibility index (Phi) is 4.83. The van der Waals surface area contributed by atoms with Crippen molar-refractivity contribution in [3.63, 3.8) is 0 Å². The number of nitrogens with zero attached hydrogens (tertiary/aromatic N) is 1. The monoisotopic (exact) mass is 220 g/mol. The molecule has 1 aromatic rings. The number of benzene rings is 1. The van der Waals surface area contributed by atoms with Gasteiger partial charge in [-0.1, -0.05) is 13.8 Å². The maximum Gasteiger partial charge on any atom is 0.253 e. The Labute approximate surface area is 97.2 Å². The summed E-state index contributed by atoms with van der Waals surface area (Å²) >= 11 is 0. The molecule has 0 aromatic heterocycles. The Bertz CT molecular complexity index is 326. The zero-order valence-electron chi connectivity index (χ0n) is 10.1. The number of nitrogens with two attached hydrogens (primary N) is 1. The third-order valence-corrected chi connectivity index (χ3v) is 2.43. The van der Waals surface area contributed by atoms with Gasteiger partial charge in [-0.2, -0.15) is 0 Å². The Morgan fingerprint density at radius 3 is 2.06 bits per heavy atom. The number of carbonyl (C=O) groups excluding carboxylic acids is 1. The molecular formula is C13H20N2O. The van der Waals surface area contributed by atoms with Crippen molar-refractivity contribution in [2.75, 3.05) is 18.8 Å². The van der Waals surface area contributed by atoms with Gasteiger partial charge in [-0.3, -0.25) is 4.79 Å². The Balaban J connectivity index is 2.77. The van der Waals surface area contributed by atoms with E-state index in [0.717, 1.165) is 31.5 Å². The van der Waals surface area contributed by atoms with Gasteiger partial charge < -0.3 is 10.6 Å². The van der Waals surface area contributed by atoms with Crippen LogP contribution in [0.3, 0.4) is 0 Å². The van der Waals surface area contributed by atoms with Gasteiger partial charge in [-0.15, -0.1) is 0 Å². The number of carbonyl (C=O) groups is 1. The smallest absolute Gasteiger partial charge is 0.253 e. The molecule has 88 valence electrons. The minimum absolute atomic E-state index is 0.101. The lowest BCUT2D eigenvalue weighted by atomic mass is 10.1. The van der Waals surface area contributed by atoms with E-state index in [1.54, 1.807) is 24.3 Å². The molecule has 0 radical (unpaired) electrons. The van der Waals surface area contributed by atoms with Gasteiger partial charge in [-0.25, -0.2) is 0 Å². The first-order valence-corrected chi connectivity index (χ1v) is 5.83. The van der Waals surface area contributed by atoms with Crippen molar-refractivity contribution in [1.82, 2.24) is 4.90 Å². The summed E-state index contributed by atoms with van der Waals surface area (Å²) < 4.78 is 0. The van der Waals surface area contributed by atoms with Crippen LogP contribution in [-0.2, 0) is 0 Å². The summed E-state index contributed by atoms with van der Waals surface area (Å²) in [5.74, 6) is 0.101. The molecule has 0 unspecified atom stereocenters. The summed E-state index contributed by atoms with van der Waals surface area (Å²) in [7, 11) is 0. The number of hydrogen-bond acceptors (Lipinski definition) is 2. The second-order valence-corrected chi connectivity index (χ2v) is 3.91. The molecule has 0 saturated carbocycles. The summed E-state index contributed by atoms with van der Waals surface area (Å²) in [6.45, 7) is 5.80. The van der Waals surface area contributed by atoms with E-state index >= 15 is 0 Å². The number of hydrogen-bond donors (Lipinski definition) is 1. The zero-order chi connectivity index (χ0) is 12.0. The lowest BCUT2D eigenvalue weighted by Gasteiger charge is -2.21. The first kappa shape index (κ1) is 12.6. The SMILES string of the molecule is CCCN(CCC)C(=O)c1ccc(N)cc1. The first-order valence-electron chi connectivity index (χ1n) is 5.83. The molecule has 1 rings (SSSR count). The standard InChI is InChI=1S/C13H20N2O/c1-3-9-15(10-4-2)13(16)11-5-7-12(14)8-6-11/h5-8H,3-4,9-10,14H2,1-2H3. The second kappa shape index (κ2) is 6.16. The van der Waals surface area contributed by atoms with Crippen LogP contribution in [0.1, 0.15) is 37.0 Å². The molecule has 0 saturated heterocycles. The molecule has 3 nitrogen and oxygen atoms in total. The molecule has 0 aliphatic rings. The average Bonchev–Trinajstić information content (AvgIpc) is 2.29. The normalized spacial score (nSPS) is 10.1. The minimum atomic E-state index is 0.101.